The molecule has 0 saturated carbocycles. The lowest BCUT2D eigenvalue weighted by Gasteiger charge is -2.32. The molecule has 5 aromatic rings. The maximum atomic E-state index is 16.7. The topological polar surface area (TPSA) is 98.4 Å². The first-order valence-corrected chi connectivity index (χ1v) is 23.8. The summed E-state index contributed by atoms with van der Waals surface area (Å²) in [5.74, 6) is -5.42. The molecule has 0 atom stereocenters. The Kier molecular flexibility index (Phi) is 10.9. The molecule has 1 aliphatic carbocycles. The van der Waals surface area contributed by atoms with Gasteiger partial charge in [-0.1, -0.05) is 40.5 Å². The molecular weight excluding hydrogens is 939 g/mol. The van der Waals surface area contributed by atoms with Gasteiger partial charge in [0.1, 0.15) is 20.8 Å². The first-order chi connectivity index (χ1) is 30.5. The van der Waals surface area contributed by atoms with E-state index in [-0.39, 0.29) is 47.2 Å². The summed E-state index contributed by atoms with van der Waals surface area (Å²) in [6.07, 6.45) is 0. The van der Waals surface area contributed by atoms with Crippen molar-refractivity contribution in [1.82, 2.24) is 10.1 Å². The van der Waals surface area contributed by atoms with Gasteiger partial charge in [-0.3, -0.25) is 9.48 Å². The Morgan fingerprint density at radius 1 is 0.545 bits per heavy atom. The molecule has 0 fully saturated rings. The molecule has 2 aliphatic heterocycles. The lowest BCUT2D eigenvalue weighted by atomic mass is 9.84. The molecule has 0 unspecified atom stereocenters. The fourth-order valence-electron chi connectivity index (χ4n) is 8.20. The van der Waals surface area contributed by atoms with Crippen LogP contribution < -0.4 is 0 Å². The Labute approximate surface area is 394 Å². The van der Waals surface area contributed by atoms with Crippen LogP contribution in [0.4, 0.5) is 26.3 Å². The van der Waals surface area contributed by atoms with Crippen molar-refractivity contribution >= 4 is 68.2 Å². The number of rotatable bonds is 5. The van der Waals surface area contributed by atoms with Gasteiger partial charge < -0.3 is 10.4 Å². The largest absolute Gasteiger partial charge is 0.714 e. The van der Waals surface area contributed by atoms with E-state index in [1.165, 1.54) is 32.9 Å². The monoisotopic (exact) mass is 980 g/mol. The average molecular weight is 981 g/mol. The Bertz CT molecular complexity index is 3090. The molecule has 0 saturated heterocycles. The first-order valence-electron chi connectivity index (χ1n) is 20.5. The van der Waals surface area contributed by atoms with Gasteiger partial charge in [0.05, 0.1) is 19.5 Å². The molecule has 0 spiro atoms. The number of hydrogen-bond acceptors (Lipinski definition) is 8. The summed E-state index contributed by atoms with van der Waals surface area (Å²) in [6.45, 7) is 17.4. The Morgan fingerprint density at radius 3 is 1.42 bits per heavy atom. The number of thiophene rings is 4. The van der Waals surface area contributed by atoms with Gasteiger partial charge >= 0.3 is 29.4 Å². The lowest BCUT2D eigenvalue weighted by molar-refractivity contribution is -0.539. The van der Waals surface area contributed by atoms with Crippen molar-refractivity contribution in [3.63, 3.8) is 0 Å². The number of alkyl halides is 6. The van der Waals surface area contributed by atoms with E-state index in [4.69, 9.17) is 0 Å². The minimum Gasteiger partial charge on any atom is -0.714 e. The SMILES string of the molecule is Cc1sc(-c2ccccc2)c(C)c1C1=C(c2c(C#Cc3ccc(C4=[N+]([O-])C(C)(C)C(C)(C)N4[O])s3)sc(C#Cc3ccc(C4=[N+]([O-])C(C)(C)C(C)(C)N4[O])s3)c2C)C(F)(F)C(F)(F)C1(F)F. The summed E-state index contributed by atoms with van der Waals surface area (Å²) >= 11 is 3.76. The molecule has 6 heterocycles. The summed E-state index contributed by atoms with van der Waals surface area (Å²) in [4.78, 5) is 1.57. The Hall–Kier alpha value is -5.08. The van der Waals surface area contributed by atoms with Crippen molar-refractivity contribution in [3.05, 3.63) is 121 Å². The van der Waals surface area contributed by atoms with Crippen molar-refractivity contribution in [3.8, 4) is 34.1 Å². The van der Waals surface area contributed by atoms with E-state index in [9.17, 15) is 20.8 Å². The Morgan fingerprint density at radius 2 is 0.985 bits per heavy atom. The van der Waals surface area contributed by atoms with Crippen LogP contribution in [0.3, 0.4) is 0 Å². The standard InChI is InChI=1S/C48H42F6N4O4S4/c1-25-31(21-17-29-19-23-33(64-29)40-55(59)42(4,5)43(6,7)56(40)60)66-32(22-18-30-20-24-34(65-30)41-57(61)44(8,9)45(10,11)58(41)62)36(25)38-37(46(49,50)48(53,54)47(38,51)52)35-26(2)39(63-27(35)3)28-15-13-12-14-16-28/h12-16,19-20,23-24H,1-11H3. The number of amidine groups is 2. The van der Waals surface area contributed by atoms with E-state index in [1.807, 2.05) is 0 Å². The summed E-state index contributed by atoms with van der Waals surface area (Å²) in [5, 5.41) is 54.8. The summed E-state index contributed by atoms with van der Waals surface area (Å²) in [5.41, 5.74) is -7.92. The summed E-state index contributed by atoms with van der Waals surface area (Å²) in [6, 6.07) is 14.7. The van der Waals surface area contributed by atoms with E-state index in [1.54, 1.807) is 97.9 Å². The van der Waals surface area contributed by atoms with Gasteiger partial charge in [-0.2, -0.15) is 26.3 Å². The van der Waals surface area contributed by atoms with Crippen LogP contribution >= 0.6 is 45.3 Å². The van der Waals surface area contributed by atoms with Gasteiger partial charge in [0.25, 0.3) is 0 Å². The highest BCUT2D eigenvalue weighted by atomic mass is 32.1. The number of aryl methyl sites for hydroxylation is 1. The van der Waals surface area contributed by atoms with Gasteiger partial charge in [-0.15, -0.1) is 45.3 Å². The molecule has 18 heteroatoms. The van der Waals surface area contributed by atoms with Crippen molar-refractivity contribution < 1.29 is 46.2 Å². The summed E-state index contributed by atoms with van der Waals surface area (Å²) in [7, 11) is 0. The van der Waals surface area contributed by atoms with Crippen molar-refractivity contribution in [2.75, 3.05) is 0 Å². The highest BCUT2D eigenvalue weighted by molar-refractivity contribution is 7.16. The highest BCUT2D eigenvalue weighted by Gasteiger charge is 2.81. The zero-order chi connectivity index (χ0) is 48.6. The van der Waals surface area contributed by atoms with E-state index in [0.29, 0.717) is 39.8 Å². The van der Waals surface area contributed by atoms with Crippen LogP contribution in [-0.2, 0) is 10.4 Å². The summed E-state index contributed by atoms with van der Waals surface area (Å²) < 4.78 is 99.6. The second kappa shape index (κ2) is 15.2. The molecule has 8 nitrogen and oxygen atoms in total. The fourth-order valence-corrected chi connectivity index (χ4v) is 12.1. The number of benzene rings is 1. The van der Waals surface area contributed by atoms with E-state index < -0.39 is 62.2 Å². The van der Waals surface area contributed by atoms with Gasteiger partial charge in [0, 0.05) is 42.4 Å². The molecule has 0 N–H and O–H groups in total. The number of nitrogens with zero attached hydrogens (tertiary/aromatic N) is 4. The van der Waals surface area contributed by atoms with E-state index in [0.717, 1.165) is 45.3 Å². The zero-order valence-corrected chi connectivity index (χ0v) is 40.8. The van der Waals surface area contributed by atoms with Crippen molar-refractivity contribution in [2.24, 2.45) is 0 Å². The van der Waals surface area contributed by atoms with Crippen LogP contribution in [0.5, 0.6) is 0 Å². The second-order valence-corrected chi connectivity index (χ2v) is 22.9. The maximum absolute atomic E-state index is 16.7. The predicted octanol–water partition coefficient (Wildman–Crippen LogP) is 12.1. The minimum absolute atomic E-state index is 0.0581. The molecule has 66 heavy (non-hydrogen) atoms. The smallest absolute Gasteiger partial charge is 0.380 e. The lowest BCUT2D eigenvalue weighted by Crippen LogP contribution is -2.53. The van der Waals surface area contributed by atoms with Crippen molar-refractivity contribution in [1.29, 1.82) is 0 Å². The van der Waals surface area contributed by atoms with Crippen LogP contribution in [-0.4, -0.2) is 71.2 Å². The van der Waals surface area contributed by atoms with Crippen LogP contribution in [0.25, 0.3) is 21.6 Å². The number of hydrogen-bond donors (Lipinski definition) is 0. The maximum Gasteiger partial charge on any atom is 0.380 e. The first kappa shape index (κ1) is 47.4. The molecule has 8 rings (SSSR count). The third kappa shape index (κ3) is 6.46. The van der Waals surface area contributed by atoms with Crippen LogP contribution in [0, 0.1) is 54.9 Å². The molecule has 0 amide bonds. The number of hydroxylamine groups is 6. The Balaban J connectivity index is 1.33. The second-order valence-electron chi connectivity index (χ2n) is 18.5. The molecular formula is C48H42F6N4O4S4. The zero-order valence-electron chi connectivity index (χ0n) is 37.5. The predicted molar refractivity (Wildman–Crippen MR) is 247 cm³/mol. The highest BCUT2D eigenvalue weighted by Crippen LogP contribution is 2.67. The molecule has 4 aromatic heterocycles. The average Bonchev–Trinajstić information content (AvgIpc) is 4.08. The number of halogens is 6. The van der Waals surface area contributed by atoms with Crippen LogP contribution in [0.2, 0.25) is 0 Å². The fraction of sp³-hybridized carbons (Fsp3) is 0.375. The normalized spacial score (nSPS) is 20.8. The van der Waals surface area contributed by atoms with Crippen LogP contribution in [0.15, 0.2) is 54.6 Å². The van der Waals surface area contributed by atoms with E-state index >= 15 is 26.3 Å². The van der Waals surface area contributed by atoms with Gasteiger partial charge in [-0.25, -0.2) is 0 Å². The quantitative estimate of drug-likeness (QED) is 0.0758. The van der Waals surface area contributed by atoms with Gasteiger partial charge in [0.15, 0.2) is 11.1 Å². The number of allylic oxidation sites excluding steroid dienone is 2. The van der Waals surface area contributed by atoms with Crippen LogP contribution in [0.1, 0.15) is 112 Å². The molecule has 3 aliphatic rings. The third-order valence-corrected chi connectivity index (χ3v) is 18.1. The van der Waals surface area contributed by atoms with Crippen molar-refractivity contribution in [2.45, 2.75) is 116 Å². The molecule has 344 valence electrons. The van der Waals surface area contributed by atoms with Gasteiger partial charge in [0.2, 0.25) is 0 Å². The minimum atomic E-state index is -5.86. The molecule has 2 radical (unpaired) electrons. The molecule has 1 aromatic carbocycles. The third-order valence-electron chi connectivity index (χ3n) is 13.7. The van der Waals surface area contributed by atoms with Gasteiger partial charge in [-0.05, 0) is 141 Å². The molecule has 0 bridgehead atoms. The van der Waals surface area contributed by atoms with E-state index in [2.05, 4.69) is 23.7 Å².